The number of ether oxygens (including phenoxy) is 2. The van der Waals surface area contributed by atoms with Crippen LogP contribution in [0.5, 0.6) is 11.6 Å². The number of methoxy groups -OCH3 is 1. The summed E-state index contributed by atoms with van der Waals surface area (Å²) in [6, 6.07) is 5.43. The van der Waals surface area contributed by atoms with Crippen molar-refractivity contribution >= 4 is 23.0 Å². The molecule has 0 unspecified atom stereocenters. The number of hydrogen-bond donors (Lipinski definition) is 2. The molecule has 0 atom stereocenters. The molecule has 0 bridgehead atoms. The zero-order valence-corrected chi connectivity index (χ0v) is 18.6. The molecule has 2 aromatic rings. The van der Waals surface area contributed by atoms with Gasteiger partial charge in [0.25, 0.3) is 0 Å². The van der Waals surface area contributed by atoms with Gasteiger partial charge in [-0.25, -0.2) is 9.37 Å². The second-order valence-electron chi connectivity index (χ2n) is 7.87. The summed E-state index contributed by atoms with van der Waals surface area (Å²) in [5.74, 6) is 1.48. The van der Waals surface area contributed by atoms with Gasteiger partial charge in [0.05, 0.1) is 24.2 Å². The van der Waals surface area contributed by atoms with E-state index in [0.717, 1.165) is 18.8 Å². The molecule has 2 heterocycles. The number of anilines is 4. The third kappa shape index (κ3) is 6.08. The minimum Gasteiger partial charge on any atom is -0.494 e. The molecular formula is C21H32FN7O2. The molecule has 0 amide bonds. The minimum absolute atomic E-state index is 0.0106. The van der Waals surface area contributed by atoms with Gasteiger partial charge in [0.1, 0.15) is 18.5 Å². The van der Waals surface area contributed by atoms with E-state index in [1.54, 1.807) is 19.4 Å². The van der Waals surface area contributed by atoms with Crippen LogP contribution in [0.3, 0.4) is 0 Å². The first-order chi connectivity index (χ1) is 14.9. The number of nitrogens with two attached hydrogens (primary N) is 1. The van der Waals surface area contributed by atoms with Crippen LogP contribution >= 0.6 is 0 Å². The molecule has 3 rings (SSSR count). The van der Waals surface area contributed by atoms with Crippen molar-refractivity contribution in [3.05, 3.63) is 24.4 Å². The highest BCUT2D eigenvalue weighted by Crippen LogP contribution is 2.36. The van der Waals surface area contributed by atoms with Gasteiger partial charge < -0.3 is 30.3 Å². The first-order valence-corrected chi connectivity index (χ1v) is 10.3. The maximum atomic E-state index is 12.4. The molecule has 0 aliphatic carbocycles. The van der Waals surface area contributed by atoms with Crippen molar-refractivity contribution in [2.75, 3.05) is 83.6 Å². The van der Waals surface area contributed by atoms with Crippen LogP contribution < -0.4 is 25.4 Å². The van der Waals surface area contributed by atoms with Crippen LogP contribution in [0.4, 0.5) is 27.4 Å². The van der Waals surface area contributed by atoms with E-state index >= 15 is 0 Å². The zero-order chi connectivity index (χ0) is 22.4. The van der Waals surface area contributed by atoms with E-state index in [1.165, 1.54) is 0 Å². The smallest absolute Gasteiger partial charge is 0.230 e. The van der Waals surface area contributed by atoms with E-state index < -0.39 is 0 Å². The fourth-order valence-electron chi connectivity index (χ4n) is 3.31. The molecule has 1 aliphatic rings. The van der Waals surface area contributed by atoms with E-state index in [-0.39, 0.29) is 12.8 Å². The van der Waals surface area contributed by atoms with Gasteiger partial charge in [-0.2, -0.15) is 4.98 Å². The number of nitrogens with one attached hydrogen (secondary N) is 1. The van der Waals surface area contributed by atoms with Crippen LogP contribution in [-0.4, -0.2) is 93.5 Å². The van der Waals surface area contributed by atoms with E-state index in [2.05, 4.69) is 25.1 Å². The van der Waals surface area contributed by atoms with Gasteiger partial charge in [-0.05, 0) is 20.2 Å². The molecule has 31 heavy (non-hydrogen) atoms. The summed E-state index contributed by atoms with van der Waals surface area (Å²) >= 11 is 0. The number of nitrogens with zero attached hydrogens (tertiary/aromatic N) is 5. The number of nitrogen functional groups attached to an aromatic ring is 1. The molecule has 1 aromatic carbocycles. The molecule has 0 saturated carbocycles. The van der Waals surface area contributed by atoms with Crippen molar-refractivity contribution in [2.45, 2.75) is 6.10 Å². The molecular weight excluding hydrogens is 401 g/mol. The summed E-state index contributed by atoms with van der Waals surface area (Å²) in [6.45, 7) is 3.24. The predicted octanol–water partition coefficient (Wildman–Crippen LogP) is 1.84. The monoisotopic (exact) mass is 433 g/mol. The van der Waals surface area contributed by atoms with Crippen molar-refractivity contribution in [3.8, 4) is 11.6 Å². The zero-order valence-electron chi connectivity index (χ0n) is 18.6. The summed E-state index contributed by atoms with van der Waals surface area (Å²) in [5.41, 5.74) is 8.50. The summed E-state index contributed by atoms with van der Waals surface area (Å²) in [6.07, 6.45) is 1.64. The number of alkyl halides is 1. The SMILES string of the molecule is COc1cc(N(C)CCN(C)C)c(N)cc1Nc1nccc(OC2CN(CCF)C2)n1. The largest absolute Gasteiger partial charge is 0.494 e. The minimum atomic E-state index is -0.344. The van der Waals surface area contributed by atoms with Crippen LogP contribution in [0.15, 0.2) is 24.4 Å². The summed E-state index contributed by atoms with van der Waals surface area (Å²) < 4.78 is 23.8. The van der Waals surface area contributed by atoms with Crippen LogP contribution in [0.2, 0.25) is 0 Å². The lowest BCUT2D eigenvalue weighted by atomic mass is 10.2. The van der Waals surface area contributed by atoms with Crippen molar-refractivity contribution < 1.29 is 13.9 Å². The van der Waals surface area contributed by atoms with Crippen molar-refractivity contribution in [2.24, 2.45) is 0 Å². The summed E-state index contributed by atoms with van der Waals surface area (Å²) in [4.78, 5) is 14.9. The number of likely N-dealkylation sites (tertiary alicyclic amines) is 1. The molecule has 3 N–H and O–H groups in total. The molecule has 1 aromatic heterocycles. The lowest BCUT2D eigenvalue weighted by Crippen LogP contribution is -2.54. The van der Waals surface area contributed by atoms with Gasteiger partial charge in [-0.3, -0.25) is 4.90 Å². The maximum Gasteiger partial charge on any atom is 0.230 e. The third-order valence-corrected chi connectivity index (χ3v) is 5.13. The maximum absolute atomic E-state index is 12.4. The van der Waals surface area contributed by atoms with E-state index in [1.807, 2.05) is 38.2 Å². The van der Waals surface area contributed by atoms with Gasteiger partial charge in [0.2, 0.25) is 11.8 Å². The number of halogens is 1. The first-order valence-electron chi connectivity index (χ1n) is 10.3. The molecule has 0 radical (unpaired) electrons. The number of rotatable bonds is 11. The van der Waals surface area contributed by atoms with Crippen LogP contribution in [0.25, 0.3) is 0 Å². The van der Waals surface area contributed by atoms with E-state index in [9.17, 15) is 4.39 Å². The highest BCUT2D eigenvalue weighted by Gasteiger charge is 2.28. The molecule has 1 saturated heterocycles. The Bertz CT molecular complexity index is 862. The molecule has 1 aliphatic heterocycles. The average molecular weight is 434 g/mol. The number of aromatic nitrogens is 2. The Kier molecular flexibility index (Phi) is 7.69. The van der Waals surface area contributed by atoms with Crippen LogP contribution in [0, 0.1) is 0 Å². The van der Waals surface area contributed by atoms with Gasteiger partial charge in [0.15, 0.2) is 0 Å². The number of hydrogen-bond acceptors (Lipinski definition) is 9. The fourth-order valence-corrected chi connectivity index (χ4v) is 3.31. The van der Waals surface area contributed by atoms with Gasteiger partial charge in [-0.1, -0.05) is 0 Å². The Morgan fingerprint density at radius 1 is 1.26 bits per heavy atom. The Morgan fingerprint density at radius 2 is 2.03 bits per heavy atom. The Labute approximate surface area is 182 Å². The first kappa shape index (κ1) is 22.8. The molecule has 9 nitrogen and oxygen atoms in total. The topological polar surface area (TPSA) is 92.0 Å². The summed E-state index contributed by atoms with van der Waals surface area (Å²) in [7, 11) is 7.68. The molecule has 170 valence electrons. The third-order valence-electron chi connectivity index (χ3n) is 5.13. The number of benzene rings is 1. The second-order valence-corrected chi connectivity index (χ2v) is 7.87. The molecule has 0 spiro atoms. The Morgan fingerprint density at radius 3 is 2.71 bits per heavy atom. The van der Waals surface area contributed by atoms with Gasteiger partial charge in [-0.15, -0.1) is 0 Å². The Hall–Kier alpha value is -2.85. The van der Waals surface area contributed by atoms with Crippen LogP contribution in [-0.2, 0) is 0 Å². The number of likely N-dealkylation sites (N-methyl/N-ethyl adjacent to an activating group) is 2. The summed E-state index contributed by atoms with van der Waals surface area (Å²) in [5, 5.41) is 3.17. The van der Waals surface area contributed by atoms with E-state index in [0.29, 0.717) is 48.6 Å². The fraction of sp³-hybridized carbons (Fsp3) is 0.524. The van der Waals surface area contributed by atoms with Gasteiger partial charge >= 0.3 is 0 Å². The Balaban J connectivity index is 1.68. The van der Waals surface area contributed by atoms with Crippen molar-refractivity contribution in [1.29, 1.82) is 0 Å². The lowest BCUT2D eigenvalue weighted by Gasteiger charge is -2.37. The quantitative estimate of drug-likeness (QED) is 0.515. The normalized spacial score (nSPS) is 14.4. The molecule has 10 heteroatoms. The van der Waals surface area contributed by atoms with E-state index in [4.69, 9.17) is 15.2 Å². The van der Waals surface area contributed by atoms with Crippen molar-refractivity contribution in [3.63, 3.8) is 0 Å². The standard InChI is InChI=1S/C21H32FN7O2/c1-27(2)9-10-28(3)18-12-19(30-4)17(11-16(18)23)25-21-24-7-5-20(26-21)31-15-13-29(14-15)8-6-22/h5,7,11-12,15H,6,8-10,13-14,23H2,1-4H3,(H,24,25,26). The highest BCUT2D eigenvalue weighted by molar-refractivity contribution is 5.79. The molecule has 1 fully saturated rings. The van der Waals surface area contributed by atoms with Gasteiger partial charge in [0, 0.05) is 58.1 Å². The van der Waals surface area contributed by atoms with Crippen LogP contribution in [0.1, 0.15) is 0 Å². The average Bonchev–Trinajstić information content (AvgIpc) is 2.71. The predicted molar refractivity (Wildman–Crippen MR) is 121 cm³/mol. The second kappa shape index (κ2) is 10.5. The lowest BCUT2D eigenvalue weighted by molar-refractivity contribution is 0.0141. The highest BCUT2D eigenvalue weighted by atomic mass is 19.1. The van der Waals surface area contributed by atoms with Crippen molar-refractivity contribution in [1.82, 2.24) is 19.8 Å².